The van der Waals surface area contributed by atoms with Crippen molar-refractivity contribution in [2.24, 2.45) is 5.92 Å². The smallest absolute Gasteiger partial charge is 0.298 e. The molecule has 5 aliphatic rings. The summed E-state index contributed by atoms with van der Waals surface area (Å²) in [5.41, 5.74) is 1.61. The van der Waals surface area contributed by atoms with Crippen LogP contribution < -0.4 is 4.74 Å². The molecular formula is C31H34N2O5. The summed E-state index contributed by atoms with van der Waals surface area (Å²) in [7, 11) is 1.75. The number of piperidine rings is 1. The van der Waals surface area contributed by atoms with E-state index in [1.807, 2.05) is 37.3 Å². The number of phenolic OH excluding ortho intramolecular Hbond substituents is 1. The molecule has 2 aromatic rings. The number of likely N-dealkylation sites (N-methyl/N-ethyl adjacent to an activating group) is 1. The summed E-state index contributed by atoms with van der Waals surface area (Å²) in [6.07, 6.45) is 3.49. The molecule has 7 rings (SSSR count). The molecule has 1 spiro atoms. The fourth-order valence-electron chi connectivity index (χ4n) is 8.21. The first-order valence-electron chi connectivity index (χ1n) is 13.8. The Kier molecular flexibility index (Phi) is 5.05. The zero-order valence-electron chi connectivity index (χ0n) is 21.9. The average Bonchev–Trinajstić information content (AvgIpc) is 3.62. The second-order valence-corrected chi connectivity index (χ2v) is 12.3. The van der Waals surface area contributed by atoms with E-state index in [9.17, 15) is 20.2 Å². The molecular weight excluding hydrogens is 480 g/mol. The molecule has 2 aliphatic heterocycles. The Labute approximate surface area is 223 Å². The zero-order chi connectivity index (χ0) is 26.4. The summed E-state index contributed by atoms with van der Waals surface area (Å²) in [5, 5.41) is 37.7. The number of amides is 1. The first-order chi connectivity index (χ1) is 18.2. The molecule has 0 aromatic heterocycles. The predicted molar refractivity (Wildman–Crippen MR) is 141 cm³/mol. The van der Waals surface area contributed by atoms with Crippen LogP contribution in [-0.2, 0) is 16.6 Å². The van der Waals surface area contributed by atoms with Gasteiger partial charge in [0.1, 0.15) is 17.7 Å². The minimum Gasteiger partial charge on any atom is -0.632 e. The molecule has 7 heteroatoms. The molecule has 38 heavy (non-hydrogen) atoms. The van der Waals surface area contributed by atoms with Gasteiger partial charge in [0.15, 0.2) is 11.5 Å². The third kappa shape index (κ3) is 3.17. The summed E-state index contributed by atoms with van der Waals surface area (Å²) in [6, 6.07) is 10.4. The van der Waals surface area contributed by atoms with E-state index in [0.29, 0.717) is 50.4 Å². The van der Waals surface area contributed by atoms with Crippen LogP contribution in [0.3, 0.4) is 0 Å². The van der Waals surface area contributed by atoms with E-state index in [1.165, 1.54) is 0 Å². The predicted octanol–water partition coefficient (Wildman–Crippen LogP) is 3.16. The second-order valence-electron chi connectivity index (χ2n) is 12.3. The zero-order valence-corrected chi connectivity index (χ0v) is 21.9. The number of benzene rings is 2. The number of hydroxylamine groups is 3. The molecule has 1 unspecified atom stereocenters. The molecule has 2 saturated carbocycles. The van der Waals surface area contributed by atoms with Gasteiger partial charge in [0.2, 0.25) is 0 Å². The van der Waals surface area contributed by atoms with Crippen molar-refractivity contribution in [1.82, 2.24) is 4.90 Å². The molecule has 1 saturated heterocycles. The molecule has 2 aromatic carbocycles. The van der Waals surface area contributed by atoms with E-state index in [-0.39, 0.29) is 22.3 Å². The van der Waals surface area contributed by atoms with Gasteiger partial charge < -0.3 is 29.7 Å². The van der Waals surface area contributed by atoms with Crippen molar-refractivity contribution in [3.63, 3.8) is 0 Å². The number of aliphatic hydroxyl groups is 1. The number of carbonyl (C=O) groups is 1. The molecule has 2 heterocycles. The molecule has 1 amide bonds. The first-order valence-corrected chi connectivity index (χ1v) is 13.8. The number of ether oxygens (including phenoxy) is 1. The first kappa shape index (κ1) is 24.0. The van der Waals surface area contributed by atoms with Crippen molar-refractivity contribution in [1.29, 1.82) is 0 Å². The number of phenols is 1. The maximum absolute atomic E-state index is 14.3. The average molecular weight is 515 g/mol. The summed E-state index contributed by atoms with van der Waals surface area (Å²) in [5.74, 6) is 6.38. The lowest BCUT2D eigenvalue weighted by atomic mass is 9.48. The van der Waals surface area contributed by atoms with Crippen LogP contribution in [0.2, 0.25) is 0 Å². The fraction of sp³-hybridized carbons (Fsp3) is 0.516. The molecule has 3 fully saturated rings. The number of hydrogen-bond acceptors (Lipinski definition) is 5. The Hall–Kier alpha value is -3.05. The van der Waals surface area contributed by atoms with Gasteiger partial charge in [0.05, 0.1) is 24.5 Å². The molecule has 6 atom stereocenters. The van der Waals surface area contributed by atoms with E-state index in [4.69, 9.17) is 4.74 Å². The Morgan fingerprint density at radius 1 is 1.24 bits per heavy atom. The van der Waals surface area contributed by atoms with E-state index in [2.05, 4.69) is 11.8 Å². The number of rotatable bonds is 3. The molecule has 0 radical (unpaired) electrons. The number of aromatic hydroxyl groups is 1. The topological polar surface area (TPSA) is 93.1 Å². The fourth-order valence-corrected chi connectivity index (χ4v) is 8.21. The maximum atomic E-state index is 14.3. The standard InChI is InChI=1S/C31H34N2O5/c1-19-4-3-5-20(16-19)8-11-26(35)32(2)23-12-13-31(36)25-17-22-9-10-24(34)28-27(22)30(31,29(23)38-28)14-15-33(25,37)18-21-6-7-21/h3-5,9-10,16,21,23,25,29,34,36H,6-7,12-15,17-18H2,1-2H3/t23-,25-,29+,30+,31-,33?/m1/s1. The monoisotopic (exact) mass is 514 g/mol. The van der Waals surface area contributed by atoms with Gasteiger partial charge in [-0.1, -0.05) is 24.1 Å². The lowest BCUT2D eigenvalue weighted by molar-refractivity contribution is -0.924. The molecule has 2 N–H and O–H groups in total. The van der Waals surface area contributed by atoms with Crippen LogP contribution in [0.1, 0.15) is 54.4 Å². The summed E-state index contributed by atoms with van der Waals surface area (Å²) < 4.78 is 6.18. The van der Waals surface area contributed by atoms with Gasteiger partial charge in [-0.25, -0.2) is 0 Å². The third-order valence-corrected chi connectivity index (χ3v) is 10.2. The van der Waals surface area contributed by atoms with Crippen LogP contribution in [0.25, 0.3) is 0 Å². The van der Waals surface area contributed by atoms with Gasteiger partial charge in [-0.2, -0.15) is 0 Å². The van der Waals surface area contributed by atoms with Crippen LogP contribution in [0.4, 0.5) is 0 Å². The highest BCUT2D eigenvalue weighted by Gasteiger charge is 2.76. The van der Waals surface area contributed by atoms with Gasteiger partial charge in [0, 0.05) is 42.9 Å². The highest BCUT2D eigenvalue weighted by molar-refractivity contribution is 5.94. The van der Waals surface area contributed by atoms with Gasteiger partial charge >= 0.3 is 0 Å². The van der Waals surface area contributed by atoms with Crippen LogP contribution in [0, 0.1) is 29.9 Å². The van der Waals surface area contributed by atoms with Gasteiger partial charge in [-0.15, -0.1) is 0 Å². The number of likely N-dealkylation sites (tertiary alicyclic amines) is 1. The Balaban J connectivity index is 1.28. The quantitative estimate of drug-likeness (QED) is 0.373. The Morgan fingerprint density at radius 2 is 2.05 bits per heavy atom. The van der Waals surface area contributed by atoms with Gasteiger partial charge in [-0.3, -0.25) is 4.79 Å². The minimum atomic E-state index is -1.26. The van der Waals surface area contributed by atoms with Crippen LogP contribution in [0.15, 0.2) is 36.4 Å². The van der Waals surface area contributed by atoms with E-state index in [1.54, 1.807) is 18.0 Å². The number of aryl methyl sites for hydroxylation is 1. The normalized spacial score (nSPS) is 35.9. The molecule has 7 nitrogen and oxygen atoms in total. The SMILES string of the molecule is Cc1cccc(C#CC(=O)N(C)[C@@H]2CC[C@@]3(O)[C@H]4Cc5ccc(O)c6c5[C@@]3(CC[N+]4([O-])CC3CC3)[C@H]2O6)c1. The van der Waals surface area contributed by atoms with Crippen molar-refractivity contribution in [2.75, 3.05) is 20.1 Å². The number of hydrogen-bond donors (Lipinski definition) is 2. The highest BCUT2D eigenvalue weighted by Crippen LogP contribution is 2.67. The van der Waals surface area contributed by atoms with Crippen LogP contribution in [-0.4, -0.2) is 69.6 Å². The lowest BCUT2D eigenvalue weighted by Crippen LogP contribution is -2.81. The van der Waals surface area contributed by atoms with E-state index < -0.39 is 23.2 Å². The van der Waals surface area contributed by atoms with Crippen molar-refractivity contribution < 1.29 is 24.4 Å². The van der Waals surface area contributed by atoms with Crippen molar-refractivity contribution >= 4 is 5.91 Å². The maximum Gasteiger partial charge on any atom is 0.298 e. The largest absolute Gasteiger partial charge is 0.632 e. The number of nitrogens with zero attached hydrogens (tertiary/aromatic N) is 2. The Bertz CT molecular complexity index is 1410. The second kappa shape index (κ2) is 7.98. The van der Waals surface area contributed by atoms with Gasteiger partial charge in [0.25, 0.3) is 5.91 Å². The van der Waals surface area contributed by atoms with Crippen molar-refractivity contribution in [2.45, 2.75) is 74.7 Å². The van der Waals surface area contributed by atoms with E-state index >= 15 is 0 Å². The minimum absolute atomic E-state index is 0.0479. The summed E-state index contributed by atoms with van der Waals surface area (Å²) in [4.78, 5) is 15.0. The number of quaternary nitrogens is 1. The molecule has 2 bridgehead atoms. The molecule has 3 aliphatic carbocycles. The summed E-state index contributed by atoms with van der Waals surface area (Å²) in [6.45, 7) is 2.96. The van der Waals surface area contributed by atoms with Crippen molar-refractivity contribution in [3.8, 4) is 23.3 Å². The highest BCUT2D eigenvalue weighted by atomic mass is 16.6. The van der Waals surface area contributed by atoms with Crippen LogP contribution >= 0.6 is 0 Å². The van der Waals surface area contributed by atoms with Crippen LogP contribution in [0.5, 0.6) is 11.5 Å². The molecule has 198 valence electrons. The van der Waals surface area contributed by atoms with Crippen molar-refractivity contribution in [3.05, 3.63) is 63.9 Å². The van der Waals surface area contributed by atoms with E-state index in [0.717, 1.165) is 35.1 Å². The number of carbonyl (C=O) groups excluding carboxylic acids is 1. The lowest BCUT2D eigenvalue weighted by Gasteiger charge is -2.68. The summed E-state index contributed by atoms with van der Waals surface area (Å²) >= 11 is 0. The third-order valence-electron chi connectivity index (χ3n) is 10.2. The Morgan fingerprint density at radius 3 is 2.82 bits per heavy atom. The van der Waals surface area contributed by atoms with Gasteiger partial charge in [-0.05, 0) is 61.9 Å².